The lowest BCUT2D eigenvalue weighted by Crippen LogP contribution is -2.36. The molecule has 1 saturated heterocycles. The first kappa shape index (κ1) is 16.9. The molecule has 2 N–H and O–H groups in total. The molecule has 1 unspecified atom stereocenters. The molecule has 0 bridgehead atoms. The summed E-state index contributed by atoms with van der Waals surface area (Å²) in [6, 6.07) is 8.13. The van der Waals surface area contributed by atoms with Crippen LogP contribution in [-0.4, -0.2) is 42.0 Å². The average molecular weight is 344 g/mol. The van der Waals surface area contributed by atoms with Crippen molar-refractivity contribution in [2.45, 2.75) is 19.9 Å². The van der Waals surface area contributed by atoms with Gasteiger partial charge in [-0.15, -0.1) is 11.3 Å². The molecule has 0 aliphatic carbocycles. The predicted octanol–water partition coefficient (Wildman–Crippen LogP) is 2.50. The van der Waals surface area contributed by atoms with Crippen LogP contribution in [0.5, 0.6) is 0 Å². The van der Waals surface area contributed by atoms with Crippen LogP contribution in [0.15, 0.2) is 35.8 Å². The number of hydrogen-bond acceptors (Lipinski definition) is 5. The van der Waals surface area contributed by atoms with Gasteiger partial charge in [0, 0.05) is 24.2 Å². The van der Waals surface area contributed by atoms with Gasteiger partial charge in [-0.25, -0.2) is 4.98 Å². The Bertz CT molecular complexity index is 642. The van der Waals surface area contributed by atoms with Gasteiger partial charge in [-0.05, 0) is 48.9 Å². The number of hydrogen-bond donors (Lipinski definition) is 2. The number of aryl methyl sites for hydroxylation is 1. The van der Waals surface area contributed by atoms with Gasteiger partial charge in [0.2, 0.25) is 5.91 Å². The van der Waals surface area contributed by atoms with Gasteiger partial charge in [-0.3, -0.25) is 9.69 Å². The Hall–Kier alpha value is -1.92. The molecule has 128 valence electrons. The number of anilines is 1. The Morgan fingerprint density at radius 2 is 2.33 bits per heavy atom. The largest absolute Gasteiger partial charge is 0.370 e. The quantitative estimate of drug-likeness (QED) is 0.810. The van der Waals surface area contributed by atoms with Gasteiger partial charge in [0.05, 0.1) is 13.1 Å². The molecule has 2 aromatic heterocycles. The van der Waals surface area contributed by atoms with E-state index in [-0.39, 0.29) is 5.91 Å². The fourth-order valence-electron chi connectivity index (χ4n) is 2.90. The number of nitrogens with zero attached hydrogens (tertiary/aromatic N) is 2. The fourth-order valence-corrected chi connectivity index (χ4v) is 3.55. The van der Waals surface area contributed by atoms with Crippen molar-refractivity contribution in [3.05, 3.63) is 46.3 Å². The molecule has 0 spiro atoms. The third-order valence-electron chi connectivity index (χ3n) is 4.26. The van der Waals surface area contributed by atoms with E-state index in [1.54, 1.807) is 11.3 Å². The molecule has 3 rings (SSSR count). The Morgan fingerprint density at radius 3 is 3.08 bits per heavy atom. The van der Waals surface area contributed by atoms with Gasteiger partial charge >= 0.3 is 0 Å². The fraction of sp³-hybridized carbons (Fsp3) is 0.444. The van der Waals surface area contributed by atoms with Gasteiger partial charge < -0.3 is 10.6 Å². The second-order valence-corrected chi connectivity index (χ2v) is 7.38. The van der Waals surface area contributed by atoms with Crippen molar-refractivity contribution in [2.75, 3.05) is 31.5 Å². The number of pyridine rings is 1. The Morgan fingerprint density at radius 1 is 1.42 bits per heavy atom. The summed E-state index contributed by atoms with van der Waals surface area (Å²) in [7, 11) is 0. The predicted molar refractivity (Wildman–Crippen MR) is 98.2 cm³/mol. The molecule has 1 atom stereocenters. The van der Waals surface area contributed by atoms with Crippen LogP contribution in [0.4, 0.5) is 5.82 Å². The Labute approximate surface area is 147 Å². The van der Waals surface area contributed by atoms with E-state index in [9.17, 15) is 4.79 Å². The molecule has 0 aromatic carbocycles. The molecule has 1 aliphatic heterocycles. The van der Waals surface area contributed by atoms with E-state index < -0.39 is 0 Å². The van der Waals surface area contributed by atoms with Crippen LogP contribution < -0.4 is 10.6 Å². The molecule has 24 heavy (non-hydrogen) atoms. The van der Waals surface area contributed by atoms with Crippen molar-refractivity contribution in [3.8, 4) is 0 Å². The van der Waals surface area contributed by atoms with Crippen LogP contribution in [0.3, 0.4) is 0 Å². The van der Waals surface area contributed by atoms with E-state index >= 15 is 0 Å². The number of amides is 1. The third-order valence-corrected chi connectivity index (χ3v) is 5.14. The molecule has 1 aliphatic rings. The molecule has 0 radical (unpaired) electrons. The summed E-state index contributed by atoms with van der Waals surface area (Å²) in [5.74, 6) is 1.60. The number of likely N-dealkylation sites (tertiary alicyclic amines) is 1. The number of nitrogens with one attached hydrogen (secondary N) is 2. The van der Waals surface area contributed by atoms with Crippen molar-refractivity contribution in [1.82, 2.24) is 15.2 Å². The summed E-state index contributed by atoms with van der Waals surface area (Å²) in [4.78, 5) is 19.8. The van der Waals surface area contributed by atoms with E-state index in [1.807, 2.05) is 36.7 Å². The van der Waals surface area contributed by atoms with Crippen LogP contribution in [-0.2, 0) is 11.3 Å². The van der Waals surface area contributed by atoms with Crippen LogP contribution in [0.1, 0.15) is 16.9 Å². The first-order valence-electron chi connectivity index (χ1n) is 8.37. The smallest absolute Gasteiger partial charge is 0.234 e. The normalized spacial score (nSPS) is 17.8. The van der Waals surface area contributed by atoms with Crippen molar-refractivity contribution < 1.29 is 4.79 Å². The van der Waals surface area contributed by atoms with E-state index in [4.69, 9.17) is 0 Å². The number of aromatic nitrogens is 1. The summed E-state index contributed by atoms with van der Waals surface area (Å²) >= 11 is 1.67. The summed E-state index contributed by atoms with van der Waals surface area (Å²) in [5, 5.41) is 8.42. The third kappa shape index (κ3) is 5.04. The summed E-state index contributed by atoms with van der Waals surface area (Å²) in [6.07, 6.45) is 3.00. The van der Waals surface area contributed by atoms with Gasteiger partial charge in [0.15, 0.2) is 0 Å². The minimum atomic E-state index is 0.109. The maximum absolute atomic E-state index is 12.0. The average Bonchev–Trinajstić information content (AvgIpc) is 3.24. The molecular weight excluding hydrogens is 320 g/mol. The molecular formula is C18H24N4OS. The molecule has 2 aromatic rings. The molecule has 3 heterocycles. The second-order valence-electron chi connectivity index (χ2n) is 6.35. The van der Waals surface area contributed by atoms with Gasteiger partial charge in [-0.2, -0.15) is 0 Å². The van der Waals surface area contributed by atoms with Crippen LogP contribution in [0.2, 0.25) is 0 Å². The van der Waals surface area contributed by atoms with Crippen LogP contribution >= 0.6 is 11.3 Å². The molecule has 0 saturated carbocycles. The van der Waals surface area contributed by atoms with Gasteiger partial charge in [0.1, 0.15) is 5.82 Å². The minimum Gasteiger partial charge on any atom is -0.370 e. The summed E-state index contributed by atoms with van der Waals surface area (Å²) in [6.45, 7) is 6.02. The highest BCUT2D eigenvalue weighted by atomic mass is 32.1. The van der Waals surface area contributed by atoms with Crippen LogP contribution in [0.25, 0.3) is 0 Å². The van der Waals surface area contributed by atoms with Crippen molar-refractivity contribution >= 4 is 23.1 Å². The Kier molecular flexibility index (Phi) is 5.82. The minimum absolute atomic E-state index is 0.109. The highest BCUT2D eigenvalue weighted by molar-refractivity contribution is 7.09. The lowest BCUT2D eigenvalue weighted by molar-refractivity contribution is -0.122. The SMILES string of the molecule is Cc1ccc(NCC2CCN(CC(=O)NCc3cccs3)C2)nc1. The lowest BCUT2D eigenvalue weighted by Gasteiger charge is -2.16. The summed E-state index contributed by atoms with van der Waals surface area (Å²) in [5.41, 5.74) is 1.17. The highest BCUT2D eigenvalue weighted by Crippen LogP contribution is 2.16. The molecule has 6 heteroatoms. The standard InChI is InChI=1S/C18H24N4OS/c1-14-4-5-17(19-9-14)20-10-15-6-7-22(12-15)13-18(23)21-11-16-3-2-8-24-16/h2-5,8-9,15H,6-7,10-13H2,1H3,(H,19,20)(H,21,23). The molecule has 1 fully saturated rings. The maximum atomic E-state index is 12.0. The summed E-state index contributed by atoms with van der Waals surface area (Å²) < 4.78 is 0. The highest BCUT2D eigenvalue weighted by Gasteiger charge is 2.23. The molecule has 1 amide bonds. The topological polar surface area (TPSA) is 57.3 Å². The van der Waals surface area contributed by atoms with E-state index in [0.717, 1.165) is 31.9 Å². The number of thiophene rings is 1. The van der Waals surface area contributed by atoms with E-state index in [1.165, 1.54) is 10.4 Å². The lowest BCUT2D eigenvalue weighted by atomic mass is 10.1. The maximum Gasteiger partial charge on any atom is 0.234 e. The van der Waals surface area contributed by atoms with Crippen molar-refractivity contribution in [3.63, 3.8) is 0 Å². The van der Waals surface area contributed by atoms with E-state index in [0.29, 0.717) is 19.0 Å². The zero-order valence-electron chi connectivity index (χ0n) is 14.0. The first-order valence-corrected chi connectivity index (χ1v) is 9.25. The molecule has 5 nitrogen and oxygen atoms in total. The Balaban J connectivity index is 1.35. The second kappa shape index (κ2) is 8.26. The number of rotatable bonds is 7. The first-order chi connectivity index (χ1) is 11.7. The van der Waals surface area contributed by atoms with Crippen LogP contribution in [0, 0.1) is 12.8 Å². The zero-order valence-corrected chi connectivity index (χ0v) is 14.8. The number of carbonyl (C=O) groups is 1. The van der Waals surface area contributed by atoms with Gasteiger partial charge in [0.25, 0.3) is 0 Å². The van der Waals surface area contributed by atoms with Crippen molar-refractivity contribution in [2.24, 2.45) is 5.92 Å². The van der Waals surface area contributed by atoms with E-state index in [2.05, 4.69) is 26.6 Å². The number of carbonyl (C=O) groups excluding carboxylic acids is 1. The zero-order chi connectivity index (χ0) is 16.8. The van der Waals surface area contributed by atoms with Crippen molar-refractivity contribution in [1.29, 1.82) is 0 Å². The monoisotopic (exact) mass is 344 g/mol. The van der Waals surface area contributed by atoms with Gasteiger partial charge in [-0.1, -0.05) is 12.1 Å².